The Balaban J connectivity index is 1.61. The van der Waals surface area contributed by atoms with Crippen molar-refractivity contribution in [3.05, 3.63) is 96.1 Å². The fourth-order valence-corrected chi connectivity index (χ4v) is 3.78. The fraction of sp³-hybridized carbons (Fsp3) is 0.167. The van der Waals surface area contributed by atoms with Crippen molar-refractivity contribution in [3.8, 4) is 0 Å². The smallest absolute Gasteiger partial charge is 0.285 e. The molecule has 5 nitrogen and oxygen atoms in total. The van der Waals surface area contributed by atoms with E-state index < -0.39 is 0 Å². The summed E-state index contributed by atoms with van der Waals surface area (Å²) in [6.07, 6.45) is 0. The van der Waals surface area contributed by atoms with Crippen LogP contribution in [0.15, 0.2) is 84.9 Å². The molecule has 0 bridgehead atoms. The Kier molecular flexibility index (Phi) is 5.40. The minimum absolute atomic E-state index is 0.00906. The molecule has 2 amide bonds. The van der Waals surface area contributed by atoms with Gasteiger partial charge >= 0.3 is 0 Å². The van der Waals surface area contributed by atoms with Gasteiger partial charge in [-0.05, 0) is 19.1 Å². The molecule has 4 rings (SSSR count). The largest absolute Gasteiger partial charge is 0.326 e. The molecule has 0 aromatic heterocycles. The number of para-hydroxylation sites is 2. The highest BCUT2D eigenvalue weighted by atomic mass is 16.2. The first-order valence-corrected chi connectivity index (χ1v) is 9.78. The van der Waals surface area contributed by atoms with Crippen LogP contribution in [0.2, 0.25) is 0 Å². The van der Waals surface area contributed by atoms with Gasteiger partial charge in [-0.3, -0.25) is 14.5 Å². The van der Waals surface area contributed by atoms with E-state index in [2.05, 4.69) is 34.9 Å². The molecular formula is C24H24N3O2+. The van der Waals surface area contributed by atoms with E-state index in [1.807, 2.05) is 67.6 Å². The van der Waals surface area contributed by atoms with Crippen molar-refractivity contribution in [1.82, 2.24) is 0 Å². The molecule has 5 heteroatoms. The standard InChI is InChI=1S/C24H23N3O2/c1-17(24(29)27-16-22(28)26-20-14-8-9-15-21(20)27)25-23(18-10-4-2-5-11-18)19-12-6-3-7-13-19/h2-15,17,23,25H,16H2,1H3,(H,26,28)/p+1/t17-/m0/s1. The normalized spacial score (nSPS) is 14.3. The zero-order valence-corrected chi connectivity index (χ0v) is 16.3. The quantitative estimate of drug-likeness (QED) is 0.708. The Labute approximate surface area is 170 Å². The summed E-state index contributed by atoms with van der Waals surface area (Å²) >= 11 is 0. The molecule has 1 atom stereocenters. The van der Waals surface area contributed by atoms with E-state index in [1.54, 1.807) is 4.90 Å². The number of rotatable bonds is 5. The molecule has 146 valence electrons. The molecular weight excluding hydrogens is 362 g/mol. The maximum atomic E-state index is 13.3. The van der Waals surface area contributed by atoms with Crippen molar-refractivity contribution in [2.24, 2.45) is 0 Å². The van der Waals surface area contributed by atoms with Crippen molar-refractivity contribution in [2.75, 3.05) is 16.8 Å². The summed E-state index contributed by atoms with van der Waals surface area (Å²) in [6.45, 7) is 1.94. The van der Waals surface area contributed by atoms with Crippen LogP contribution in [0.1, 0.15) is 24.1 Å². The van der Waals surface area contributed by atoms with Gasteiger partial charge in [0.05, 0.1) is 11.4 Å². The molecule has 3 aromatic rings. The fourth-order valence-electron chi connectivity index (χ4n) is 3.78. The third kappa shape index (κ3) is 4.05. The molecule has 0 unspecified atom stereocenters. The summed E-state index contributed by atoms with van der Waals surface area (Å²) in [5, 5.41) is 4.90. The number of hydrogen-bond donors (Lipinski definition) is 2. The van der Waals surface area contributed by atoms with Gasteiger partial charge in [-0.25, -0.2) is 0 Å². The second-order valence-electron chi connectivity index (χ2n) is 7.27. The molecule has 0 saturated carbocycles. The minimum Gasteiger partial charge on any atom is -0.326 e. The van der Waals surface area contributed by atoms with Gasteiger partial charge in [0.25, 0.3) is 5.91 Å². The van der Waals surface area contributed by atoms with E-state index in [0.717, 1.165) is 16.8 Å². The molecule has 1 aliphatic rings. The molecule has 0 spiro atoms. The number of quaternary nitrogens is 1. The molecule has 0 saturated heterocycles. The monoisotopic (exact) mass is 386 g/mol. The number of benzene rings is 3. The lowest BCUT2D eigenvalue weighted by atomic mass is 9.97. The first-order chi connectivity index (χ1) is 14.1. The molecule has 0 aliphatic carbocycles. The predicted molar refractivity (Wildman–Crippen MR) is 114 cm³/mol. The van der Waals surface area contributed by atoms with Crippen molar-refractivity contribution in [3.63, 3.8) is 0 Å². The first-order valence-electron chi connectivity index (χ1n) is 9.78. The Bertz CT molecular complexity index is 965. The highest BCUT2D eigenvalue weighted by molar-refractivity contribution is 6.10. The zero-order valence-electron chi connectivity index (χ0n) is 16.3. The van der Waals surface area contributed by atoms with Gasteiger partial charge in [0.15, 0.2) is 6.04 Å². The lowest BCUT2D eigenvalue weighted by Crippen LogP contribution is -2.93. The number of fused-ring (bicyclic) bond motifs is 1. The van der Waals surface area contributed by atoms with E-state index >= 15 is 0 Å². The van der Waals surface area contributed by atoms with Crippen LogP contribution in [0.5, 0.6) is 0 Å². The van der Waals surface area contributed by atoms with Crippen LogP contribution in [0, 0.1) is 0 Å². The highest BCUT2D eigenvalue weighted by Crippen LogP contribution is 2.29. The zero-order chi connectivity index (χ0) is 20.2. The van der Waals surface area contributed by atoms with Gasteiger partial charge in [0, 0.05) is 11.1 Å². The summed E-state index contributed by atoms with van der Waals surface area (Å²) in [6, 6.07) is 27.4. The van der Waals surface area contributed by atoms with Crippen LogP contribution in [-0.4, -0.2) is 24.4 Å². The van der Waals surface area contributed by atoms with Gasteiger partial charge in [-0.1, -0.05) is 72.8 Å². The first kappa shape index (κ1) is 18.9. The summed E-state index contributed by atoms with van der Waals surface area (Å²) in [7, 11) is 0. The van der Waals surface area contributed by atoms with Gasteiger partial charge in [-0.2, -0.15) is 0 Å². The van der Waals surface area contributed by atoms with Crippen LogP contribution in [0.4, 0.5) is 11.4 Å². The number of nitrogens with two attached hydrogens (primary N) is 1. The van der Waals surface area contributed by atoms with Crippen molar-refractivity contribution < 1.29 is 14.9 Å². The van der Waals surface area contributed by atoms with Crippen LogP contribution in [-0.2, 0) is 9.59 Å². The molecule has 3 aromatic carbocycles. The maximum absolute atomic E-state index is 13.3. The van der Waals surface area contributed by atoms with Crippen LogP contribution < -0.4 is 15.5 Å². The number of carbonyl (C=O) groups excluding carboxylic acids is 2. The van der Waals surface area contributed by atoms with E-state index in [0.29, 0.717) is 5.69 Å². The van der Waals surface area contributed by atoms with Crippen LogP contribution >= 0.6 is 0 Å². The average Bonchev–Trinajstić information content (AvgIpc) is 2.77. The van der Waals surface area contributed by atoms with E-state index in [9.17, 15) is 9.59 Å². The van der Waals surface area contributed by atoms with Crippen molar-refractivity contribution >= 4 is 23.2 Å². The van der Waals surface area contributed by atoms with Crippen molar-refractivity contribution in [1.29, 1.82) is 0 Å². The Hall–Kier alpha value is -3.44. The summed E-state index contributed by atoms with van der Waals surface area (Å²) in [5.74, 6) is -0.254. The molecule has 1 aliphatic heterocycles. The van der Waals surface area contributed by atoms with E-state index in [4.69, 9.17) is 0 Å². The second-order valence-corrected chi connectivity index (χ2v) is 7.27. The summed E-state index contributed by atoms with van der Waals surface area (Å²) in [5.41, 5.74) is 3.69. The number of amides is 2. The average molecular weight is 386 g/mol. The molecule has 3 N–H and O–H groups in total. The lowest BCUT2D eigenvalue weighted by molar-refractivity contribution is -0.704. The molecule has 29 heavy (non-hydrogen) atoms. The summed E-state index contributed by atoms with van der Waals surface area (Å²) in [4.78, 5) is 27.0. The Morgan fingerprint density at radius 1 is 0.897 bits per heavy atom. The third-order valence-corrected chi connectivity index (χ3v) is 5.22. The highest BCUT2D eigenvalue weighted by Gasteiger charge is 2.33. The number of anilines is 2. The van der Waals surface area contributed by atoms with Gasteiger partial charge < -0.3 is 10.6 Å². The maximum Gasteiger partial charge on any atom is 0.285 e. The SMILES string of the molecule is C[C@H]([NH2+]C(c1ccccc1)c1ccccc1)C(=O)N1CC(=O)Nc2ccccc21. The topological polar surface area (TPSA) is 66.0 Å². The molecule has 1 heterocycles. The van der Waals surface area contributed by atoms with Crippen molar-refractivity contribution in [2.45, 2.75) is 19.0 Å². The van der Waals surface area contributed by atoms with Crippen LogP contribution in [0.25, 0.3) is 0 Å². The van der Waals surface area contributed by atoms with Crippen LogP contribution in [0.3, 0.4) is 0 Å². The predicted octanol–water partition coefficient (Wildman–Crippen LogP) is 2.71. The van der Waals surface area contributed by atoms with Gasteiger partial charge in [0.1, 0.15) is 12.6 Å². The summed E-state index contributed by atoms with van der Waals surface area (Å²) < 4.78 is 0. The van der Waals surface area contributed by atoms with E-state index in [1.165, 1.54) is 0 Å². The number of hydrogen-bond acceptors (Lipinski definition) is 2. The Morgan fingerprint density at radius 2 is 1.45 bits per heavy atom. The Morgan fingerprint density at radius 3 is 2.07 bits per heavy atom. The third-order valence-electron chi connectivity index (χ3n) is 5.22. The number of nitrogens with one attached hydrogen (secondary N) is 1. The van der Waals surface area contributed by atoms with Gasteiger partial charge in [0.2, 0.25) is 5.91 Å². The number of nitrogens with zero attached hydrogens (tertiary/aromatic N) is 1. The molecule has 0 radical (unpaired) electrons. The minimum atomic E-state index is -0.362. The second kappa shape index (κ2) is 8.29. The van der Waals surface area contributed by atoms with E-state index in [-0.39, 0.29) is 30.4 Å². The lowest BCUT2D eigenvalue weighted by Gasteiger charge is -2.31. The van der Waals surface area contributed by atoms with Gasteiger partial charge in [-0.15, -0.1) is 0 Å². The molecule has 0 fully saturated rings. The number of carbonyl (C=O) groups is 2.